The van der Waals surface area contributed by atoms with E-state index in [0.29, 0.717) is 12.0 Å². The van der Waals surface area contributed by atoms with E-state index in [9.17, 15) is 29.7 Å². The van der Waals surface area contributed by atoms with E-state index < -0.39 is 76.0 Å². The summed E-state index contributed by atoms with van der Waals surface area (Å²) in [7, 11) is 0. The molecule has 2 saturated carbocycles. The summed E-state index contributed by atoms with van der Waals surface area (Å²) in [5, 5.41) is 35.4. The number of fused-ring (bicyclic) bond motifs is 5. The minimum Gasteiger partial charge on any atom is -0.455 e. The number of carbonyl (C=O) groups is 3. The third kappa shape index (κ3) is 3.57. The lowest BCUT2D eigenvalue weighted by Crippen LogP contribution is -2.81. The molecule has 1 aliphatic heterocycles. The van der Waals surface area contributed by atoms with Gasteiger partial charge in [-0.2, -0.15) is 0 Å². The Kier molecular flexibility index (Phi) is 6.66. The summed E-state index contributed by atoms with van der Waals surface area (Å²) < 4.78 is 18.1. The molecule has 2 bridgehead atoms. The predicted molar refractivity (Wildman–Crippen MR) is 143 cm³/mol. The fourth-order valence-corrected chi connectivity index (χ4v) is 8.66. The third-order valence-electron chi connectivity index (χ3n) is 10.6. The van der Waals surface area contributed by atoms with E-state index in [2.05, 4.69) is 0 Å². The van der Waals surface area contributed by atoms with Gasteiger partial charge in [-0.25, -0.2) is 4.79 Å². The number of esters is 2. The van der Waals surface area contributed by atoms with Crippen molar-refractivity contribution in [2.45, 2.75) is 90.3 Å². The zero-order valence-electron chi connectivity index (χ0n) is 24.0. The summed E-state index contributed by atoms with van der Waals surface area (Å²) in [6.45, 7) is 9.31. The normalized spacial score (nSPS) is 42.0. The zero-order valence-corrected chi connectivity index (χ0v) is 24.0. The number of carbonyl (C=O) groups excluding carboxylic acids is 3. The highest BCUT2D eigenvalue weighted by molar-refractivity contribution is 5.95. The van der Waals surface area contributed by atoms with Gasteiger partial charge in [0.25, 0.3) is 0 Å². The Morgan fingerprint density at radius 3 is 2.33 bits per heavy atom. The summed E-state index contributed by atoms with van der Waals surface area (Å²) >= 11 is 0. The Morgan fingerprint density at radius 2 is 1.77 bits per heavy atom. The molecular weight excluding hydrogens is 516 g/mol. The van der Waals surface area contributed by atoms with Crippen LogP contribution in [0.15, 0.2) is 41.5 Å². The van der Waals surface area contributed by atoms with Crippen LogP contribution in [0, 0.1) is 22.2 Å². The van der Waals surface area contributed by atoms with Gasteiger partial charge in [0.05, 0.1) is 41.6 Å². The highest BCUT2D eigenvalue weighted by Gasteiger charge is 2.78. The van der Waals surface area contributed by atoms with Crippen molar-refractivity contribution in [3.63, 3.8) is 0 Å². The zero-order chi connectivity index (χ0) is 29.5. The highest BCUT2D eigenvalue weighted by Crippen LogP contribution is 2.66. The molecule has 9 nitrogen and oxygen atoms in total. The minimum absolute atomic E-state index is 0.00721. The number of rotatable bonds is 4. The molecule has 0 radical (unpaired) electrons. The fraction of sp³-hybridized carbons (Fsp3) is 0.645. The van der Waals surface area contributed by atoms with Crippen LogP contribution in [-0.2, 0) is 23.8 Å². The largest absolute Gasteiger partial charge is 0.455 e. The maximum atomic E-state index is 14.9. The molecule has 1 aromatic carbocycles. The van der Waals surface area contributed by atoms with Crippen molar-refractivity contribution in [2.75, 3.05) is 13.2 Å². The van der Waals surface area contributed by atoms with Crippen molar-refractivity contribution in [3.05, 3.63) is 47.0 Å². The number of hydrogen-bond acceptors (Lipinski definition) is 9. The van der Waals surface area contributed by atoms with Crippen LogP contribution in [0.3, 0.4) is 0 Å². The molecule has 3 aliphatic carbocycles. The summed E-state index contributed by atoms with van der Waals surface area (Å²) in [6, 6.07) is 8.34. The molecule has 1 aromatic rings. The van der Waals surface area contributed by atoms with Crippen molar-refractivity contribution in [1.29, 1.82) is 0 Å². The van der Waals surface area contributed by atoms with E-state index in [1.807, 2.05) is 6.92 Å². The number of Topliss-reactive ketones (excluding diaryl/α,β-unsaturated/α-hetero) is 1. The van der Waals surface area contributed by atoms with Gasteiger partial charge in [0, 0.05) is 18.8 Å². The molecule has 3 fully saturated rings. The van der Waals surface area contributed by atoms with Crippen LogP contribution in [0.1, 0.15) is 71.2 Å². The van der Waals surface area contributed by atoms with E-state index in [4.69, 9.17) is 14.2 Å². The van der Waals surface area contributed by atoms with Crippen LogP contribution in [0.4, 0.5) is 0 Å². The number of benzene rings is 1. The van der Waals surface area contributed by atoms with Crippen LogP contribution in [0.5, 0.6) is 0 Å². The van der Waals surface area contributed by atoms with Crippen molar-refractivity contribution < 1.29 is 43.9 Å². The Balaban J connectivity index is 1.84. The first-order valence-corrected chi connectivity index (χ1v) is 14.0. The number of ether oxygens (including phenoxy) is 3. The molecule has 0 spiro atoms. The molecule has 3 N–H and O–H groups in total. The molecular formula is C31H40O9. The van der Waals surface area contributed by atoms with Crippen molar-refractivity contribution >= 4 is 17.7 Å². The van der Waals surface area contributed by atoms with Crippen molar-refractivity contribution in [1.82, 2.24) is 0 Å². The summed E-state index contributed by atoms with van der Waals surface area (Å²) in [5.74, 6) is -2.96. The summed E-state index contributed by atoms with van der Waals surface area (Å²) in [6.07, 6.45) is -2.88. The number of ketones is 1. The second-order valence-corrected chi connectivity index (χ2v) is 13.1. The van der Waals surface area contributed by atoms with Crippen LogP contribution in [0.25, 0.3) is 0 Å². The molecule has 1 heterocycles. The highest BCUT2D eigenvalue weighted by atomic mass is 16.6. The molecule has 8 atom stereocenters. The summed E-state index contributed by atoms with van der Waals surface area (Å²) in [4.78, 5) is 41.1. The lowest BCUT2D eigenvalue weighted by Gasteiger charge is -2.68. The van der Waals surface area contributed by atoms with Gasteiger partial charge >= 0.3 is 11.9 Å². The SMILES string of the molecule is CC(=O)O[C@@]12COC1CC(O)[C@]1(C)C(=O)C(C)(CO)C3=C(C)CCC(O)([C@@H](OC(=O)c4ccccc4)C21)C3(C)C. The van der Waals surface area contributed by atoms with Crippen LogP contribution < -0.4 is 0 Å². The van der Waals surface area contributed by atoms with Gasteiger partial charge in [-0.05, 0) is 51.3 Å². The molecule has 5 unspecified atom stereocenters. The standard InChI is InChI=1S/C31H40O9/c1-17-12-13-31(37)24(39-25(35)19-10-8-7-9-11-19)23-29(6,26(36)28(5,15-32)22(17)27(31,3)4)20(34)14-21-30(23,16-38-21)40-18(2)33/h7-11,20-21,23-24,32,34,37H,12-16H2,1-6H3/t20?,21?,23?,24-,28?,29-,30-,31?/m0/s1. The predicted octanol–water partition coefficient (Wildman–Crippen LogP) is 2.75. The molecule has 1 saturated heterocycles. The van der Waals surface area contributed by atoms with Crippen LogP contribution >= 0.6 is 0 Å². The van der Waals surface area contributed by atoms with E-state index in [0.717, 1.165) is 5.57 Å². The minimum atomic E-state index is -1.76. The fourth-order valence-electron chi connectivity index (χ4n) is 8.66. The first kappa shape index (κ1) is 28.9. The Hall–Kier alpha value is -2.59. The Morgan fingerprint density at radius 1 is 1.12 bits per heavy atom. The van der Waals surface area contributed by atoms with Gasteiger partial charge in [0.2, 0.25) is 0 Å². The Labute approximate surface area is 234 Å². The number of allylic oxidation sites excluding steroid dienone is 1. The topological polar surface area (TPSA) is 140 Å². The lowest BCUT2D eigenvalue weighted by molar-refractivity contribution is -0.345. The van der Waals surface area contributed by atoms with Crippen molar-refractivity contribution in [3.8, 4) is 0 Å². The van der Waals surface area contributed by atoms with Gasteiger partial charge in [-0.15, -0.1) is 0 Å². The molecule has 4 aliphatic rings. The van der Waals surface area contributed by atoms with Gasteiger partial charge in [0.1, 0.15) is 17.8 Å². The van der Waals surface area contributed by atoms with Gasteiger partial charge < -0.3 is 29.5 Å². The van der Waals surface area contributed by atoms with E-state index >= 15 is 0 Å². The second kappa shape index (κ2) is 9.21. The maximum Gasteiger partial charge on any atom is 0.338 e. The first-order chi connectivity index (χ1) is 18.6. The smallest absolute Gasteiger partial charge is 0.338 e. The second-order valence-electron chi connectivity index (χ2n) is 13.1. The average Bonchev–Trinajstić information content (AvgIpc) is 2.90. The summed E-state index contributed by atoms with van der Waals surface area (Å²) in [5.41, 5.74) is -5.86. The molecule has 218 valence electrons. The van der Waals surface area contributed by atoms with E-state index in [1.54, 1.807) is 58.0 Å². The average molecular weight is 557 g/mol. The first-order valence-electron chi connectivity index (χ1n) is 14.0. The maximum absolute atomic E-state index is 14.9. The van der Waals surface area contributed by atoms with Crippen molar-refractivity contribution in [2.24, 2.45) is 22.2 Å². The third-order valence-corrected chi connectivity index (χ3v) is 10.6. The lowest BCUT2D eigenvalue weighted by atomic mass is 9.41. The van der Waals surface area contributed by atoms with Gasteiger partial charge in [-0.1, -0.05) is 37.6 Å². The molecule has 5 rings (SSSR count). The monoisotopic (exact) mass is 556 g/mol. The molecule has 40 heavy (non-hydrogen) atoms. The Bertz CT molecular complexity index is 1270. The molecule has 9 heteroatoms. The molecule has 0 aromatic heterocycles. The van der Waals surface area contributed by atoms with E-state index in [1.165, 1.54) is 6.92 Å². The number of aliphatic hydroxyl groups excluding tert-OH is 2. The van der Waals surface area contributed by atoms with Crippen LogP contribution in [0.2, 0.25) is 0 Å². The van der Waals surface area contributed by atoms with Crippen LogP contribution in [-0.4, -0.2) is 75.8 Å². The molecule has 0 amide bonds. The van der Waals surface area contributed by atoms with Gasteiger partial charge in [-0.3, -0.25) is 9.59 Å². The van der Waals surface area contributed by atoms with E-state index in [-0.39, 0.29) is 25.0 Å². The quantitative estimate of drug-likeness (QED) is 0.377. The number of aliphatic hydroxyl groups is 3. The van der Waals surface area contributed by atoms with Gasteiger partial charge in [0.15, 0.2) is 11.4 Å². The number of hydrogen-bond donors (Lipinski definition) is 3.